The van der Waals surface area contributed by atoms with E-state index in [0.29, 0.717) is 29.8 Å². The second kappa shape index (κ2) is 6.36. The molecule has 0 saturated heterocycles. The molecule has 0 N–H and O–H groups in total. The highest BCUT2D eigenvalue weighted by Crippen LogP contribution is 2.48. The zero-order chi connectivity index (χ0) is 20.1. The molecule has 28 heavy (non-hydrogen) atoms. The van der Waals surface area contributed by atoms with Crippen LogP contribution in [0.25, 0.3) is 0 Å². The molecule has 0 atom stereocenters. The molecule has 1 aliphatic carbocycles. The lowest BCUT2D eigenvalue weighted by Crippen LogP contribution is -2.52. The molecule has 0 unspecified atom stereocenters. The Bertz CT molecular complexity index is 932. The number of ketones is 1. The lowest BCUT2D eigenvalue weighted by atomic mass is 9.74. The lowest BCUT2D eigenvalue weighted by Gasteiger charge is -2.41. The normalized spacial score (nSPS) is 17.3. The molecule has 4 rings (SSSR count). The first-order chi connectivity index (χ1) is 13.2. The number of methoxy groups -OCH3 is 1. The quantitative estimate of drug-likeness (QED) is 0.736. The van der Waals surface area contributed by atoms with Gasteiger partial charge in [-0.05, 0) is 56.9 Å². The highest BCUT2D eigenvalue weighted by molar-refractivity contribution is 6.12. The molecule has 0 radical (unpaired) electrons. The molecule has 5 heteroatoms. The van der Waals surface area contributed by atoms with Gasteiger partial charge in [0, 0.05) is 12.1 Å². The number of carbonyl (C=O) groups excluding carboxylic acids is 2. The zero-order valence-corrected chi connectivity index (χ0v) is 16.7. The van der Waals surface area contributed by atoms with E-state index in [2.05, 4.69) is 12.1 Å². The van der Waals surface area contributed by atoms with Crippen molar-refractivity contribution < 1.29 is 19.1 Å². The van der Waals surface area contributed by atoms with Gasteiger partial charge in [0.2, 0.25) is 0 Å². The summed E-state index contributed by atoms with van der Waals surface area (Å²) in [4.78, 5) is 28.3. The Hall–Kier alpha value is -2.82. The van der Waals surface area contributed by atoms with Crippen LogP contribution in [0.4, 0.5) is 10.5 Å². The van der Waals surface area contributed by atoms with Crippen molar-refractivity contribution in [1.82, 2.24) is 0 Å². The molecule has 1 heterocycles. The third-order valence-corrected chi connectivity index (χ3v) is 5.47. The van der Waals surface area contributed by atoms with E-state index in [9.17, 15) is 9.59 Å². The van der Waals surface area contributed by atoms with Gasteiger partial charge in [-0.15, -0.1) is 0 Å². The molecule has 1 aliphatic heterocycles. The van der Waals surface area contributed by atoms with Crippen molar-refractivity contribution in [2.75, 3.05) is 18.6 Å². The van der Waals surface area contributed by atoms with Gasteiger partial charge in [0.15, 0.2) is 5.78 Å². The molecule has 2 aliphatic rings. The van der Waals surface area contributed by atoms with Crippen LogP contribution in [0.15, 0.2) is 42.5 Å². The van der Waals surface area contributed by atoms with Crippen LogP contribution in [-0.4, -0.2) is 31.1 Å². The topological polar surface area (TPSA) is 55.8 Å². The van der Waals surface area contributed by atoms with Gasteiger partial charge in [0.05, 0.1) is 18.2 Å². The maximum Gasteiger partial charge on any atom is 0.414 e. The van der Waals surface area contributed by atoms with Crippen molar-refractivity contribution in [3.63, 3.8) is 0 Å². The van der Waals surface area contributed by atoms with Crippen molar-refractivity contribution in [2.24, 2.45) is 5.41 Å². The second-order valence-corrected chi connectivity index (χ2v) is 8.65. The number of Topliss-reactive ketones (excluding diaryl/α,β-unsaturated/α-hetero) is 1. The Morgan fingerprint density at radius 3 is 2.25 bits per heavy atom. The van der Waals surface area contributed by atoms with E-state index in [0.717, 1.165) is 0 Å². The standard InChI is InChI=1S/C23H25NO4/c1-22(2,3)28-21(26)24-14-23(12-15-8-5-6-9-16(15)13-23)20(25)17-10-7-11-18(27-4)19(17)24/h5-11H,12-14H2,1-4H3. The summed E-state index contributed by atoms with van der Waals surface area (Å²) >= 11 is 0. The second-order valence-electron chi connectivity index (χ2n) is 8.65. The minimum atomic E-state index is -0.667. The van der Waals surface area contributed by atoms with Crippen LogP contribution < -0.4 is 9.64 Å². The van der Waals surface area contributed by atoms with E-state index in [1.165, 1.54) is 11.1 Å². The van der Waals surface area contributed by atoms with Gasteiger partial charge in [-0.3, -0.25) is 9.69 Å². The number of para-hydroxylation sites is 1. The number of rotatable bonds is 1. The summed E-state index contributed by atoms with van der Waals surface area (Å²) in [7, 11) is 1.54. The monoisotopic (exact) mass is 379 g/mol. The van der Waals surface area contributed by atoms with Crippen LogP contribution >= 0.6 is 0 Å². The van der Waals surface area contributed by atoms with Crippen LogP contribution in [0, 0.1) is 5.41 Å². The van der Waals surface area contributed by atoms with Crippen molar-refractivity contribution in [1.29, 1.82) is 0 Å². The highest BCUT2D eigenvalue weighted by atomic mass is 16.6. The van der Waals surface area contributed by atoms with E-state index in [4.69, 9.17) is 9.47 Å². The summed E-state index contributed by atoms with van der Waals surface area (Å²) in [5.41, 5.74) is 2.07. The maximum absolute atomic E-state index is 13.6. The molecule has 5 nitrogen and oxygen atoms in total. The number of carbonyl (C=O) groups is 2. The van der Waals surface area contributed by atoms with Gasteiger partial charge in [-0.25, -0.2) is 4.79 Å². The third-order valence-electron chi connectivity index (χ3n) is 5.47. The number of amides is 1. The molecule has 2 aromatic carbocycles. The highest BCUT2D eigenvalue weighted by Gasteiger charge is 2.51. The van der Waals surface area contributed by atoms with E-state index in [1.807, 2.05) is 32.9 Å². The number of anilines is 1. The summed E-state index contributed by atoms with van der Waals surface area (Å²) in [5, 5.41) is 0. The minimum absolute atomic E-state index is 0.0670. The van der Waals surface area contributed by atoms with Crippen molar-refractivity contribution in [2.45, 2.75) is 39.2 Å². The Morgan fingerprint density at radius 2 is 1.68 bits per heavy atom. The van der Waals surface area contributed by atoms with Gasteiger partial charge in [0.25, 0.3) is 0 Å². The number of fused-ring (bicyclic) bond motifs is 2. The van der Waals surface area contributed by atoms with E-state index in [1.54, 1.807) is 30.2 Å². The third kappa shape index (κ3) is 2.95. The summed E-state index contributed by atoms with van der Waals surface area (Å²) < 4.78 is 11.2. The average Bonchev–Trinajstić information content (AvgIpc) is 3.02. The van der Waals surface area contributed by atoms with Crippen LogP contribution in [-0.2, 0) is 17.6 Å². The van der Waals surface area contributed by atoms with Crippen LogP contribution in [0.3, 0.4) is 0 Å². The molecule has 1 amide bonds. The van der Waals surface area contributed by atoms with E-state index in [-0.39, 0.29) is 12.3 Å². The summed E-state index contributed by atoms with van der Waals surface area (Å²) in [6.07, 6.45) is 0.789. The number of ether oxygens (including phenoxy) is 2. The Morgan fingerprint density at radius 1 is 1.04 bits per heavy atom. The maximum atomic E-state index is 13.6. The van der Waals surface area contributed by atoms with Gasteiger partial charge in [-0.2, -0.15) is 0 Å². The summed E-state index contributed by atoms with van der Waals surface area (Å²) in [6.45, 7) is 5.79. The number of hydrogen-bond donors (Lipinski definition) is 0. The molecule has 1 spiro atoms. The number of hydrogen-bond acceptors (Lipinski definition) is 4. The Labute approximate surface area is 165 Å². The van der Waals surface area contributed by atoms with Crippen molar-refractivity contribution in [3.8, 4) is 5.75 Å². The molecular weight excluding hydrogens is 354 g/mol. The lowest BCUT2D eigenvalue weighted by molar-refractivity contribution is 0.0546. The molecule has 2 aromatic rings. The summed E-state index contributed by atoms with van der Waals surface area (Å²) in [5.74, 6) is 0.569. The van der Waals surface area contributed by atoms with Crippen LogP contribution in [0.2, 0.25) is 0 Å². The smallest absolute Gasteiger partial charge is 0.414 e. The first-order valence-corrected chi connectivity index (χ1v) is 9.53. The summed E-state index contributed by atoms with van der Waals surface area (Å²) in [6, 6.07) is 13.5. The van der Waals surface area contributed by atoms with Gasteiger partial charge in [0.1, 0.15) is 11.4 Å². The van der Waals surface area contributed by atoms with Crippen molar-refractivity contribution >= 4 is 17.6 Å². The van der Waals surface area contributed by atoms with Gasteiger partial charge < -0.3 is 9.47 Å². The SMILES string of the molecule is COc1cccc2c1N(C(=O)OC(C)(C)C)CC1(Cc3ccccc3C1)C2=O. The van der Waals surface area contributed by atoms with Crippen molar-refractivity contribution in [3.05, 3.63) is 59.2 Å². The fourth-order valence-corrected chi connectivity index (χ4v) is 4.33. The van der Waals surface area contributed by atoms with E-state index < -0.39 is 17.1 Å². The molecule has 0 saturated carbocycles. The predicted molar refractivity (Wildman–Crippen MR) is 107 cm³/mol. The zero-order valence-electron chi connectivity index (χ0n) is 16.7. The predicted octanol–water partition coefficient (Wildman–Crippen LogP) is 4.42. The fraction of sp³-hybridized carbons (Fsp3) is 0.391. The fourth-order valence-electron chi connectivity index (χ4n) is 4.33. The molecule has 0 bridgehead atoms. The molecule has 0 fully saturated rings. The van der Waals surface area contributed by atoms with Gasteiger partial charge in [-0.1, -0.05) is 30.3 Å². The average molecular weight is 379 g/mol. The number of benzene rings is 2. The van der Waals surface area contributed by atoms with Crippen LogP contribution in [0.1, 0.15) is 42.3 Å². The first kappa shape index (κ1) is 18.5. The minimum Gasteiger partial charge on any atom is -0.495 e. The van der Waals surface area contributed by atoms with Gasteiger partial charge >= 0.3 is 6.09 Å². The van der Waals surface area contributed by atoms with Crippen LogP contribution in [0.5, 0.6) is 5.75 Å². The first-order valence-electron chi connectivity index (χ1n) is 9.53. The molecular formula is C23H25NO4. The number of nitrogens with zero attached hydrogens (tertiary/aromatic N) is 1. The Balaban J connectivity index is 1.82. The molecule has 146 valence electrons. The Kier molecular flexibility index (Phi) is 4.21. The van der Waals surface area contributed by atoms with E-state index >= 15 is 0 Å². The molecule has 0 aromatic heterocycles. The largest absolute Gasteiger partial charge is 0.495 e.